The zero-order valence-corrected chi connectivity index (χ0v) is 9.53. The Morgan fingerprint density at radius 2 is 2.25 bits per heavy atom. The summed E-state index contributed by atoms with van der Waals surface area (Å²) in [5.74, 6) is 0.743. The van der Waals surface area contributed by atoms with Gasteiger partial charge in [0.1, 0.15) is 0 Å². The maximum absolute atomic E-state index is 8.69. The molecule has 0 N–H and O–H groups in total. The summed E-state index contributed by atoms with van der Waals surface area (Å²) in [5, 5.41) is 0. The predicted molar refractivity (Wildman–Crippen MR) is 44.5 cm³/mol. The van der Waals surface area contributed by atoms with E-state index in [2.05, 4.69) is 25.7 Å². The second kappa shape index (κ2) is 10.7. The molecule has 0 bridgehead atoms. The molecular formula is C8H8BO2Y-2. The summed E-state index contributed by atoms with van der Waals surface area (Å²) in [6, 6.07) is 10.1. The van der Waals surface area contributed by atoms with Crippen LogP contribution < -0.4 is 4.65 Å². The van der Waals surface area contributed by atoms with Crippen molar-refractivity contribution in [2.45, 2.75) is 0 Å². The first-order valence-corrected chi connectivity index (χ1v) is 2.96. The second-order valence-electron chi connectivity index (χ2n) is 1.55. The predicted octanol–water partition coefficient (Wildman–Crippen LogP) is 0.698. The van der Waals surface area contributed by atoms with Gasteiger partial charge in [0.25, 0.3) is 0 Å². The first-order valence-electron chi connectivity index (χ1n) is 2.96. The Morgan fingerprint density at radius 3 is 2.50 bits per heavy atom. The maximum atomic E-state index is 8.69. The van der Waals surface area contributed by atoms with Gasteiger partial charge in [-0.15, -0.1) is 12.1 Å². The Balaban J connectivity index is 0. The molecule has 0 aliphatic heterocycles. The Hall–Kier alpha value is -0.271. The van der Waals surface area contributed by atoms with Crippen molar-refractivity contribution in [3.63, 3.8) is 0 Å². The fourth-order valence-corrected chi connectivity index (χ4v) is 0.467. The summed E-state index contributed by atoms with van der Waals surface area (Å²) < 4.78 is 4.63. The van der Waals surface area contributed by atoms with E-state index in [0.717, 1.165) is 5.75 Å². The third-order valence-electron chi connectivity index (χ3n) is 0.845. The molecule has 0 saturated carbocycles. The Kier molecular flexibility index (Phi) is 12.8. The molecule has 0 aliphatic carbocycles. The summed E-state index contributed by atoms with van der Waals surface area (Å²) in [5.41, 5.74) is 0. The smallest absolute Gasteiger partial charge is 0.331 e. The number of carbonyl (C=O) groups is 1. The van der Waals surface area contributed by atoms with Crippen LogP contribution in [0.2, 0.25) is 0 Å². The Bertz CT molecular complexity index is 192. The van der Waals surface area contributed by atoms with Gasteiger partial charge in [0.15, 0.2) is 0 Å². The third-order valence-corrected chi connectivity index (χ3v) is 0.845. The van der Waals surface area contributed by atoms with Gasteiger partial charge in [-0.3, -0.25) is 0 Å². The minimum Gasteiger partial charge on any atom is -0.627 e. The van der Waals surface area contributed by atoms with Gasteiger partial charge >= 0.3 is 8.05 Å². The van der Waals surface area contributed by atoms with Gasteiger partial charge in [-0.05, 0) is 12.0 Å². The monoisotopic (exact) mass is 236 g/mol. The molecule has 0 amide bonds. The van der Waals surface area contributed by atoms with Crippen molar-refractivity contribution in [1.29, 1.82) is 0 Å². The zero-order valence-electron chi connectivity index (χ0n) is 6.69. The SMILES string of the molecule is [BH]Oc1c[c-]ccc1.[CH2-]C=O.[Y]. The van der Waals surface area contributed by atoms with Gasteiger partial charge in [-0.25, -0.2) is 0 Å². The number of aldehydes is 1. The van der Waals surface area contributed by atoms with Crippen LogP contribution in [-0.4, -0.2) is 14.3 Å². The van der Waals surface area contributed by atoms with E-state index in [9.17, 15) is 0 Å². The standard InChI is InChI=1S/C6H5BO.C2H3O.Y/c7-8-6-4-2-1-3-5-6;1-2-3;/h1-2,4-5,7H;2H,1H2;/q2*-1;. The molecule has 1 aromatic carbocycles. The molecule has 4 heteroatoms. The Morgan fingerprint density at radius 1 is 1.67 bits per heavy atom. The fraction of sp³-hybridized carbons (Fsp3) is 0. The number of rotatable bonds is 1. The van der Waals surface area contributed by atoms with E-state index in [0.29, 0.717) is 6.29 Å². The van der Waals surface area contributed by atoms with Crippen molar-refractivity contribution in [2.75, 3.05) is 0 Å². The van der Waals surface area contributed by atoms with Crippen LogP contribution in [0.15, 0.2) is 24.3 Å². The van der Waals surface area contributed by atoms with Crippen molar-refractivity contribution < 1.29 is 42.2 Å². The average molecular weight is 236 g/mol. The first kappa shape index (κ1) is 14.3. The second-order valence-corrected chi connectivity index (χ2v) is 1.55. The molecule has 0 heterocycles. The van der Waals surface area contributed by atoms with E-state index < -0.39 is 0 Å². The number of hydrogen-bond donors (Lipinski definition) is 0. The van der Waals surface area contributed by atoms with Gasteiger partial charge in [-0.2, -0.15) is 18.2 Å². The van der Waals surface area contributed by atoms with Crippen LogP contribution in [0.1, 0.15) is 0 Å². The summed E-state index contributed by atoms with van der Waals surface area (Å²) in [7, 11) is 3.24. The van der Waals surface area contributed by atoms with E-state index in [4.69, 9.17) is 4.79 Å². The minimum atomic E-state index is 0. The molecule has 12 heavy (non-hydrogen) atoms. The summed E-state index contributed by atoms with van der Waals surface area (Å²) in [6.45, 7) is 2.81. The largest absolute Gasteiger partial charge is 0.627 e. The van der Waals surface area contributed by atoms with Crippen LogP contribution in [-0.2, 0) is 37.5 Å². The quantitative estimate of drug-likeness (QED) is 0.407. The van der Waals surface area contributed by atoms with E-state index in [1.807, 2.05) is 18.2 Å². The molecular weight excluding hydrogens is 228 g/mol. The number of benzene rings is 1. The molecule has 0 fully saturated rings. The van der Waals surface area contributed by atoms with Gasteiger partial charge < -0.3 is 16.4 Å². The molecule has 0 aromatic heterocycles. The van der Waals surface area contributed by atoms with Crippen molar-refractivity contribution in [3.05, 3.63) is 37.3 Å². The molecule has 1 aromatic rings. The van der Waals surface area contributed by atoms with Crippen LogP contribution in [0.3, 0.4) is 0 Å². The van der Waals surface area contributed by atoms with Crippen LogP contribution in [0.4, 0.5) is 0 Å². The van der Waals surface area contributed by atoms with E-state index in [1.165, 1.54) is 0 Å². The van der Waals surface area contributed by atoms with Crippen molar-refractivity contribution in [2.24, 2.45) is 0 Å². The molecule has 2 nitrogen and oxygen atoms in total. The van der Waals surface area contributed by atoms with Gasteiger partial charge in [0.05, 0.1) is 0 Å². The molecule has 0 spiro atoms. The topological polar surface area (TPSA) is 26.3 Å². The van der Waals surface area contributed by atoms with Crippen LogP contribution >= 0.6 is 0 Å². The van der Waals surface area contributed by atoms with Crippen molar-refractivity contribution in [3.8, 4) is 5.75 Å². The van der Waals surface area contributed by atoms with Crippen LogP contribution in [0.5, 0.6) is 5.75 Å². The van der Waals surface area contributed by atoms with Crippen molar-refractivity contribution in [1.82, 2.24) is 0 Å². The van der Waals surface area contributed by atoms with Gasteiger partial charge in [0.2, 0.25) is 0 Å². The normalized spacial score (nSPS) is 6.67. The molecule has 2 radical (unpaired) electrons. The third kappa shape index (κ3) is 7.83. The number of carbonyl (C=O) groups excluding carboxylic acids is 1. The molecule has 1 rings (SSSR count). The average Bonchev–Trinajstić information content (AvgIpc) is 2.08. The number of hydrogen-bond acceptors (Lipinski definition) is 2. The summed E-state index contributed by atoms with van der Waals surface area (Å²) in [4.78, 5) is 8.69. The van der Waals surface area contributed by atoms with E-state index in [1.54, 1.807) is 6.07 Å². The van der Waals surface area contributed by atoms with E-state index >= 15 is 0 Å². The fourth-order valence-electron chi connectivity index (χ4n) is 0.467. The van der Waals surface area contributed by atoms with Crippen molar-refractivity contribution >= 4 is 14.3 Å². The maximum Gasteiger partial charge on any atom is 0.331 e. The summed E-state index contributed by atoms with van der Waals surface area (Å²) >= 11 is 0. The molecule has 60 valence electrons. The zero-order chi connectivity index (χ0) is 8.53. The summed E-state index contributed by atoms with van der Waals surface area (Å²) in [6.07, 6.45) is 0.500. The first-order chi connectivity index (χ1) is 5.35. The van der Waals surface area contributed by atoms with E-state index in [-0.39, 0.29) is 32.7 Å². The molecule has 0 aliphatic rings. The molecule has 0 atom stereocenters. The molecule has 0 unspecified atom stereocenters. The Labute approximate surface area is 99.0 Å². The minimum absolute atomic E-state index is 0. The van der Waals surface area contributed by atoms with Crippen LogP contribution in [0.25, 0.3) is 0 Å². The van der Waals surface area contributed by atoms with Gasteiger partial charge in [-0.1, -0.05) is 0 Å². The molecule has 0 saturated heterocycles. The van der Waals surface area contributed by atoms with Crippen LogP contribution in [0, 0.1) is 13.0 Å². The van der Waals surface area contributed by atoms with Gasteiger partial charge in [0, 0.05) is 32.7 Å².